The highest BCUT2D eigenvalue weighted by Gasteiger charge is 2.48. The molecule has 1 saturated heterocycles. The maximum Gasteiger partial charge on any atom is 0.301 e. The highest BCUT2D eigenvalue weighted by atomic mass is 35.5. The van der Waals surface area contributed by atoms with Gasteiger partial charge in [0, 0.05) is 10.6 Å². The Bertz CT molecular complexity index is 1820. The molecular weight excluding hydrogens is 560 g/mol. The Morgan fingerprint density at radius 3 is 2.49 bits per heavy atom. The number of thiazole rings is 1. The first-order valence-corrected chi connectivity index (χ1v) is 14.1. The Hall–Kier alpha value is -4.66. The minimum Gasteiger partial charge on any atom is -0.507 e. The normalized spacial score (nSPS) is 16.3. The van der Waals surface area contributed by atoms with Crippen molar-refractivity contribution in [1.82, 2.24) is 4.98 Å². The van der Waals surface area contributed by atoms with Crippen molar-refractivity contribution in [3.63, 3.8) is 0 Å². The van der Waals surface area contributed by atoms with Gasteiger partial charge in [-0.2, -0.15) is 0 Å². The van der Waals surface area contributed by atoms with E-state index >= 15 is 0 Å². The van der Waals surface area contributed by atoms with Crippen LogP contribution in [0.25, 0.3) is 16.0 Å². The monoisotopic (exact) mass is 582 g/mol. The first kappa shape index (κ1) is 26.6. The molecule has 9 heteroatoms. The molecule has 1 amide bonds. The predicted octanol–water partition coefficient (Wildman–Crippen LogP) is 7.77. The second-order valence-electron chi connectivity index (χ2n) is 9.23. The molecule has 1 N–H and O–H groups in total. The van der Waals surface area contributed by atoms with Crippen molar-refractivity contribution >= 4 is 55.7 Å². The molecule has 1 aromatic heterocycles. The number of Topliss-reactive ketones (excluding diaryl/α,β-unsaturated/α-hetero) is 1. The first-order valence-electron chi connectivity index (χ1n) is 12.9. The third-order valence-electron chi connectivity index (χ3n) is 6.56. The lowest BCUT2D eigenvalue weighted by Crippen LogP contribution is -2.29. The van der Waals surface area contributed by atoms with E-state index in [1.54, 1.807) is 66.7 Å². The summed E-state index contributed by atoms with van der Waals surface area (Å²) >= 11 is 7.44. The number of para-hydroxylation sites is 1. The summed E-state index contributed by atoms with van der Waals surface area (Å²) < 4.78 is 12.4. The Kier molecular flexibility index (Phi) is 7.17. The highest BCUT2D eigenvalue weighted by molar-refractivity contribution is 7.22. The molecule has 0 saturated carbocycles. The number of amides is 1. The van der Waals surface area contributed by atoms with Crippen molar-refractivity contribution in [2.75, 3.05) is 11.5 Å². The van der Waals surface area contributed by atoms with E-state index in [-0.39, 0.29) is 11.3 Å². The quantitative estimate of drug-likeness (QED) is 0.120. The number of aliphatic hydroxyl groups excluding tert-OH is 1. The number of rotatable bonds is 7. The predicted molar refractivity (Wildman–Crippen MR) is 160 cm³/mol. The molecule has 4 aromatic carbocycles. The smallest absolute Gasteiger partial charge is 0.301 e. The van der Waals surface area contributed by atoms with Crippen molar-refractivity contribution in [3.05, 3.63) is 119 Å². The van der Waals surface area contributed by atoms with Crippen LogP contribution in [0.15, 0.2) is 103 Å². The van der Waals surface area contributed by atoms with Gasteiger partial charge in [0.25, 0.3) is 5.78 Å². The summed E-state index contributed by atoms with van der Waals surface area (Å²) in [6.07, 6.45) is 0. The molecule has 0 aliphatic carbocycles. The number of ether oxygens (including phenoxy) is 2. The zero-order valence-electron chi connectivity index (χ0n) is 21.8. The molecule has 41 heavy (non-hydrogen) atoms. The van der Waals surface area contributed by atoms with Gasteiger partial charge in [-0.25, -0.2) is 4.98 Å². The second-order valence-corrected chi connectivity index (χ2v) is 10.7. The summed E-state index contributed by atoms with van der Waals surface area (Å²) in [5.74, 6) is -0.249. The van der Waals surface area contributed by atoms with Crippen LogP contribution in [0.4, 0.5) is 5.13 Å². The molecule has 0 bridgehead atoms. The SMILES string of the molecule is CCOc1cccc(/C(O)=C2\C(=O)C(=O)N(c3nc4ccc(Cl)cc4s3)C2c2cccc(Oc3ccccc3)c2)c1. The minimum absolute atomic E-state index is 0.0576. The van der Waals surface area contributed by atoms with Crippen LogP contribution in [-0.4, -0.2) is 28.4 Å². The third kappa shape index (κ3) is 5.15. The number of carbonyl (C=O) groups excluding carboxylic acids is 2. The van der Waals surface area contributed by atoms with E-state index < -0.39 is 17.7 Å². The van der Waals surface area contributed by atoms with Crippen LogP contribution >= 0.6 is 22.9 Å². The number of aromatic nitrogens is 1. The first-order chi connectivity index (χ1) is 19.9. The number of anilines is 1. The average molecular weight is 583 g/mol. The molecular formula is C32H23ClN2O5S. The molecule has 1 aliphatic rings. The Balaban J connectivity index is 1.52. The van der Waals surface area contributed by atoms with E-state index in [0.29, 0.717) is 50.7 Å². The van der Waals surface area contributed by atoms with Gasteiger partial charge in [0.15, 0.2) is 5.13 Å². The molecule has 0 radical (unpaired) electrons. The zero-order valence-corrected chi connectivity index (χ0v) is 23.4. The maximum atomic E-state index is 13.6. The molecule has 1 fully saturated rings. The van der Waals surface area contributed by atoms with Gasteiger partial charge < -0.3 is 14.6 Å². The van der Waals surface area contributed by atoms with Crippen molar-refractivity contribution in [1.29, 1.82) is 0 Å². The van der Waals surface area contributed by atoms with Crippen LogP contribution < -0.4 is 14.4 Å². The van der Waals surface area contributed by atoms with Gasteiger partial charge in [0.1, 0.15) is 23.0 Å². The number of aliphatic hydroxyl groups is 1. The van der Waals surface area contributed by atoms with Crippen molar-refractivity contribution in [2.45, 2.75) is 13.0 Å². The van der Waals surface area contributed by atoms with Crippen LogP contribution in [0.2, 0.25) is 5.02 Å². The lowest BCUT2D eigenvalue weighted by Gasteiger charge is -2.23. The minimum atomic E-state index is -0.971. The van der Waals surface area contributed by atoms with E-state index in [4.69, 9.17) is 21.1 Å². The fourth-order valence-corrected chi connectivity index (χ4v) is 6.03. The summed E-state index contributed by atoms with van der Waals surface area (Å²) in [6.45, 7) is 2.29. The molecule has 5 aromatic rings. The number of carbonyl (C=O) groups is 2. The number of hydrogen-bond donors (Lipinski definition) is 1. The van der Waals surface area contributed by atoms with Crippen LogP contribution in [0.5, 0.6) is 17.2 Å². The summed E-state index contributed by atoms with van der Waals surface area (Å²) in [5, 5.41) is 12.4. The van der Waals surface area contributed by atoms with Crippen LogP contribution in [0, 0.1) is 0 Å². The van der Waals surface area contributed by atoms with Crippen molar-refractivity contribution in [3.8, 4) is 17.2 Å². The average Bonchev–Trinajstić information content (AvgIpc) is 3.51. The molecule has 1 atom stereocenters. The van der Waals surface area contributed by atoms with Gasteiger partial charge >= 0.3 is 5.91 Å². The maximum absolute atomic E-state index is 13.6. The number of hydrogen-bond acceptors (Lipinski definition) is 7. The van der Waals surface area contributed by atoms with E-state index in [9.17, 15) is 14.7 Å². The lowest BCUT2D eigenvalue weighted by molar-refractivity contribution is -0.132. The second kappa shape index (κ2) is 11.1. The van der Waals surface area contributed by atoms with E-state index in [0.717, 1.165) is 4.70 Å². The summed E-state index contributed by atoms with van der Waals surface area (Å²) in [6, 6.07) is 27.4. The highest BCUT2D eigenvalue weighted by Crippen LogP contribution is 2.45. The number of ketones is 1. The molecule has 1 unspecified atom stereocenters. The molecule has 7 nitrogen and oxygen atoms in total. The van der Waals surface area contributed by atoms with Crippen molar-refractivity contribution < 1.29 is 24.2 Å². The lowest BCUT2D eigenvalue weighted by atomic mass is 9.95. The van der Waals surface area contributed by atoms with Crippen LogP contribution in [0.3, 0.4) is 0 Å². The molecule has 1 aliphatic heterocycles. The number of fused-ring (bicyclic) bond motifs is 1. The number of benzene rings is 4. The van der Waals surface area contributed by atoms with Gasteiger partial charge in [0.2, 0.25) is 0 Å². The summed E-state index contributed by atoms with van der Waals surface area (Å²) in [4.78, 5) is 33.3. The fraction of sp³-hybridized carbons (Fsp3) is 0.0938. The van der Waals surface area contributed by atoms with E-state index in [1.807, 2.05) is 37.3 Å². The largest absolute Gasteiger partial charge is 0.507 e. The third-order valence-corrected chi connectivity index (χ3v) is 7.81. The topological polar surface area (TPSA) is 89.0 Å². The molecule has 6 rings (SSSR count). The van der Waals surface area contributed by atoms with E-state index in [2.05, 4.69) is 4.98 Å². The van der Waals surface area contributed by atoms with Crippen molar-refractivity contribution in [2.24, 2.45) is 0 Å². The zero-order chi connectivity index (χ0) is 28.5. The molecule has 2 heterocycles. The summed E-state index contributed by atoms with van der Waals surface area (Å²) in [7, 11) is 0. The van der Waals surface area contributed by atoms with Gasteiger partial charge in [-0.3, -0.25) is 14.5 Å². The van der Waals surface area contributed by atoms with Gasteiger partial charge in [-0.15, -0.1) is 0 Å². The van der Waals surface area contributed by atoms with Crippen LogP contribution in [0.1, 0.15) is 24.1 Å². The van der Waals surface area contributed by atoms with Crippen LogP contribution in [-0.2, 0) is 9.59 Å². The Morgan fingerprint density at radius 1 is 0.927 bits per heavy atom. The summed E-state index contributed by atoms with van der Waals surface area (Å²) in [5.41, 5.74) is 1.50. The van der Waals surface area contributed by atoms with Gasteiger partial charge in [-0.05, 0) is 67.1 Å². The fourth-order valence-electron chi connectivity index (χ4n) is 4.76. The Labute approximate surface area is 244 Å². The van der Waals surface area contributed by atoms with Gasteiger partial charge in [0.05, 0.1) is 28.4 Å². The molecule has 0 spiro atoms. The Morgan fingerprint density at radius 2 is 1.68 bits per heavy atom. The standard InChI is InChI=1S/C32H23ClN2O5S/c1-2-39-23-12-7-9-20(17-23)29(36)27-28(19-8-6-13-24(16-19)40-22-10-4-3-5-11-22)35(31(38)30(27)37)32-34-25-15-14-21(33)18-26(25)41-32/h3-18,28,36H,2H2,1H3/b29-27+. The van der Waals surface area contributed by atoms with Gasteiger partial charge in [-0.1, -0.05) is 65.4 Å². The van der Waals surface area contributed by atoms with E-state index in [1.165, 1.54) is 16.2 Å². The number of nitrogens with zero attached hydrogens (tertiary/aromatic N) is 2. The molecule has 204 valence electrons. The number of halogens is 1.